The van der Waals surface area contributed by atoms with Gasteiger partial charge in [-0.3, -0.25) is 10.1 Å². The number of hydrogen-bond donors (Lipinski definition) is 2. The van der Waals surface area contributed by atoms with Gasteiger partial charge in [-0.2, -0.15) is 0 Å². The zero-order valence-corrected chi connectivity index (χ0v) is 18.8. The highest BCUT2D eigenvalue weighted by Crippen LogP contribution is 2.32. The summed E-state index contributed by atoms with van der Waals surface area (Å²) in [7, 11) is 1.24. The van der Waals surface area contributed by atoms with Crippen LogP contribution >= 0.6 is 23.2 Å². The van der Waals surface area contributed by atoms with Crippen LogP contribution in [0.25, 0.3) is 0 Å². The van der Waals surface area contributed by atoms with Crippen LogP contribution in [0.5, 0.6) is 0 Å². The molecule has 0 saturated carbocycles. The average Bonchev–Trinajstić information content (AvgIpc) is 2.76. The number of benzene rings is 2. The van der Waals surface area contributed by atoms with Crippen LogP contribution in [0.4, 0.5) is 29.7 Å². The van der Waals surface area contributed by atoms with Crippen LogP contribution in [0.2, 0.25) is 10.0 Å². The van der Waals surface area contributed by atoms with Crippen LogP contribution in [-0.2, 0) is 9.47 Å². The van der Waals surface area contributed by atoms with Crippen molar-refractivity contribution in [2.75, 3.05) is 30.4 Å². The lowest BCUT2D eigenvalue weighted by Crippen LogP contribution is -2.39. The van der Waals surface area contributed by atoms with E-state index in [1.54, 1.807) is 12.1 Å². The number of halogens is 4. The molecule has 33 heavy (non-hydrogen) atoms. The van der Waals surface area contributed by atoms with Crippen molar-refractivity contribution in [2.45, 2.75) is 18.9 Å². The molecule has 0 bridgehead atoms. The smallest absolute Gasteiger partial charge is 0.438 e. The maximum absolute atomic E-state index is 13.5. The lowest BCUT2D eigenvalue weighted by atomic mass is 10.1. The summed E-state index contributed by atoms with van der Waals surface area (Å²) in [5.41, 5.74) is 0.547. The molecule has 0 aromatic heterocycles. The van der Waals surface area contributed by atoms with Gasteiger partial charge in [-0.1, -0.05) is 23.2 Å². The topological polar surface area (TPSA) is 97.0 Å². The van der Waals surface area contributed by atoms with Crippen molar-refractivity contribution in [2.24, 2.45) is 0 Å². The van der Waals surface area contributed by atoms with E-state index in [9.17, 15) is 23.2 Å². The van der Waals surface area contributed by atoms with Gasteiger partial charge in [-0.25, -0.2) is 18.4 Å². The molecule has 1 aliphatic heterocycles. The summed E-state index contributed by atoms with van der Waals surface area (Å²) < 4.78 is 36.3. The number of piperidine rings is 1. The molecule has 0 radical (unpaired) electrons. The number of nitrogens with zero attached hydrogens (tertiary/aromatic N) is 1. The second-order valence-electron chi connectivity index (χ2n) is 7.07. The normalized spacial score (nSPS) is 13.9. The van der Waals surface area contributed by atoms with Crippen LogP contribution in [-0.4, -0.2) is 44.4 Å². The molecule has 1 heterocycles. The Kier molecular flexibility index (Phi) is 7.93. The minimum Gasteiger partial charge on any atom is -0.438 e. The standard InChI is InChI=1S/C21H19Cl2F2N3O5/c1-32-21(31)33-12-4-6-28(7-5-12)18-3-2-11(22)8-17(18)26-20(30)27-19(29)13-9-15(24)16(25)10-14(13)23/h2-3,8-10,12H,4-7H2,1H3,(H2,26,27,29,30). The third-order valence-corrected chi connectivity index (χ3v) is 5.45. The monoisotopic (exact) mass is 501 g/mol. The zero-order chi connectivity index (χ0) is 24.1. The number of hydrogen-bond acceptors (Lipinski definition) is 6. The van der Waals surface area contributed by atoms with Crippen molar-refractivity contribution in [3.05, 3.63) is 57.6 Å². The van der Waals surface area contributed by atoms with Crippen molar-refractivity contribution in [3.63, 3.8) is 0 Å². The highest BCUT2D eigenvalue weighted by Gasteiger charge is 2.25. The predicted molar refractivity (Wildman–Crippen MR) is 118 cm³/mol. The van der Waals surface area contributed by atoms with Crippen LogP contribution in [0.3, 0.4) is 0 Å². The minimum atomic E-state index is -1.28. The van der Waals surface area contributed by atoms with E-state index in [2.05, 4.69) is 10.1 Å². The molecular weight excluding hydrogens is 483 g/mol. The van der Waals surface area contributed by atoms with Crippen molar-refractivity contribution in [1.29, 1.82) is 0 Å². The molecule has 176 valence electrons. The van der Waals surface area contributed by atoms with E-state index in [1.807, 2.05) is 10.2 Å². The fraction of sp³-hybridized carbons (Fsp3) is 0.286. The Labute approximate surface area is 197 Å². The maximum Gasteiger partial charge on any atom is 0.508 e. The van der Waals surface area contributed by atoms with Gasteiger partial charge in [0.1, 0.15) is 6.10 Å². The van der Waals surface area contributed by atoms with Gasteiger partial charge in [-0.15, -0.1) is 0 Å². The van der Waals surface area contributed by atoms with E-state index >= 15 is 0 Å². The molecule has 0 atom stereocenters. The molecule has 0 aliphatic carbocycles. The maximum atomic E-state index is 13.5. The first-order chi connectivity index (χ1) is 15.7. The van der Waals surface area contributed by atoms with Gasteiger partial charge in [0.05, 0.1) is 29.1 Å². The fourth-order valence-electron chi connectivity index (χ4n) is 3.30. The second-order valence-corrected chi connectivity index (χ2v) is 7.92. The van der Waals surface area contributed by atoms with Gasteiger partial charge in [0.2, 0.25) is 0 Å². The number of rotatable bonds is 4. The van der Waals surface area contributed by atoms with Crippen molar-refractivity contribution >= 4 is 52.7 Å². The predicted octanol–water partition coefficient (Wildman–Crippen LogP) is 4.99. The van der Waals surface area contributed by atoms with Gasteiger partial charge in [-0.05, 0) is 30.3 Å². The Hall–Kier alpha value is -3.11. The first-order valence-corrected chi connectivity index (χ1v) is 10.5. The molecule has 12 heteroatoms. The summed E-state index contributed by atoms with van der Waals surface area (Å²) in [6, 6.07) is 5.17. The first-order valence-electron chi connectivity index (χ1n) is 9.74. The number of methoxy groups -OCH3 is 1. The zero-order valence-electron chi connectivity index (χ0n) is 17.3. The molecule has 3 amide bonds. The molecule has 0 unspecified atom stereocenters. The number of imide groups is 1. The molecule has 8 nitrogen and oxygen atoms in total. The largest absolute Gasteiger partial charge is 0.508 e. The molecule has 1 saturated heterocycles. The van der Waals surface area contributed by atoms with Gasteiger partial charge >= 0.3 is 12.2 Å². The van der Waals surface area contributed by atoms with E-state index in [0.717, 1.165) is 0 Å². The van der Waals surface area contributed by atoms with E-state index < -0.39 is 35.3 Å². The summed E-state index contributed by atoms with van der Waals surface area (Å²) in [6.07, 6.45) is 0.0383. The molecule has 1 fully saturated rings. The highest BCUT2D eigenvalue weighted by atomic mass is 35.5. The lowest BCUT2D eigenvalue weighted by molar-refractivity contribution is 0.0281. The Morgan fingerprint density at radius 2 is 1.73 bits per heavy atom. The van der Waals surface area contributed by atoms with E-state index in [4.69, 9.17) is 27.9 Å². The Bertz CT molecular complexity index is 1080. The number of ether oxygens (including phenoxy) is 2. The Morgan fingerprint density at radius 3 is 2.39 bits per heavy atom. The molecule has 3 rings (SSSR count). The Balaban J connectivity index is 1.68. The Morgan fingerprint density at radius 1 is 1.06 bits per heavy atom. The number of urea groups is 1. The second kappa shape index (κ2) is 10.7. The first kappa shape index (κ1) is 24.5. The minimum absolute atomic E-state index is 0.292. The van der Waals surface area contributed by atoms with Crippen LogP contribution in [0.1, 0.15) is 23.2 Å². The summed E-state index contributed by atoms with van der Waals surface area (Å²) in [5.74, 6) is -3.51. The molecule has 2 aromatic rings. The average molecular weight is 502 g/mol. The van der Waals surface area contributed by atoms with Gasteiger partial charge in [0, 0.05) is 31.0 Å². The third kappa shape index (κ3) is 6.23. The molecule has 1 aliphatic rings. The van der Waals surface area contributed by atoms with Gasteiger partial charge in [0.15, 0.2) is 11.6 Å². The molecular formula is C21H19Cl2F2N3O5. The molecule has 0 spiro atoms. The summed E-state index contributed by atoms with van der Waals surface area (Å²) in [4.78, 5) is 38.0. The summed E-state index contributed by atoms with van der Waals surface area (Å²) >= 11 is 11.8. The van der Waals surface area contributed by atoms with E-state index in [0.29, 0.717) is 54.5 Å². The lowest BCUT2D eigenvalue weighted by Gasteiger charge is -2.34. The number of anilines is 2. The van der Waals surface area contributed by atoms with Crippen molar-refractivity contribution in [1.82, 2.24) is 5.32 Å². The number of carbonyl (C=O) groups excluding carboxylic acids is 3. The SMILES string of the molecule is COC(=O)OC1CCN(c2ccc(Cl)cc2NC(=O)NC(=O)c2cc(F)c(F)cc2Cl)CC1. The molecule has 2 aromatic carbocycles. The van der Waals surface area contributed by atoms with Crippen LogP contribution in [0, 0.1) is 11.6 Å². The van der Waals surface area contributed by atoms with Gasteiger partial charge < -0.3 is 19.7 Å². The summed E-state index contributed by atoms with van der Waals surface area (Å²) in [6.45, 7) is 1.03. The highest BCUT2D eigenvalue weighted by molar-refractivity contribution is 6.34. The number of carbonyl (C=O) groups is 3. The summed E-state index contributed by atoms with van der Waals surface area (Å²) in [5, 5.41) is 4.55. The van der Waals surface area contributed by atoms with Gasteiger partial charge in [0.25, 0.3) is 5.91 Å². The van der Waals surface area contributed by atoms with Crippen molar-refractivity contribution < 1.29 is 32.6 Å². The fourth-order valence-corrected chi connectivity index (χ4v) is 3.71. The number of amides is 3. The third-order valence-electron chi connectivity index (χ3n) is 4.90. The molecule has 2 N–H and O–H groups in total. The van der Waals surface area contributed by atoms with E-state index in [1.165, 1.54) is 13.2 Å². The van der Waals surface area contributed by atoms with Crippen LogP contribution in [0.15, 0.2) is 30.3 Å². The van der Waals surface area contributed by atoms with Crippen molar-refractivity contribution in [3.8, 4) is 0 Å². The van der Waals surface area contributed by atoms with E-state index in [-0.39, 0.29) is 11.1 Å². The quantitative estimate of drug-likeness (QED) is 0.452. The van der Waals surface area contributed by atoms with Crippen LogP contribution < -0.4 is 15.5 Å². The number of nitrogens with one attached hydrogen (secondary N) is 2.